The summed E-state index contributed by atoms with van der Waals surface area (Å²) in [4.78, 5) is 40.9. The van der Waals surface area contributed by atoms with Crippen molar-refractivity contribution in [2.45, 2.75) is 31.2 Å². The number of carbonyl (C=O) groups is 3. The van der Waals surface area contributed by atoms with E-state index in [1.165, 1.54) is 24.4 Å². The van der Waals surface area contributed by atoms with Gasteiger partial charge in [-0.2, -0.15) is 13.9 Å². The second-order valence-electron chi connectivity index (χ2n) is 8.85. The van der Waals surface area contributed by atoms with Crippen molar-refractivity contribution in [1.82, 2.24) is 15.1 Å². The number of halogens is 4. The molecule has 0 saturated carbocycles. The van der Waals surface area contributed by atoms with Crippen LogP contribution in [-0.4, -0.2) is 64.5 Å². The summed E-state index contributed by atoms with van der Waals surface area (Å²) in [6, 6.07) is 4.76. The number of fused-ring (bicyclic) bond motifs is 1. The van der Waals surface area contributed by atoms with Crippen molar-refractivity contribution in [1.29, 1.82) is 0 Å². The predicted molar refractivity (Wildman–Crippen MR) is 138 cm³/mol. The second-order valence-corrected chi connectivity index (χ2v) is 9.29. The summed E-state index contributed by atoms with van der Waals surface area (Å²) < 4.78 is 44.8. The van der Waals surface area contributed by atoms with E-state index in [0.717, 1.165) is 16.8 Å². The van der Waals surface area contributed by atoms with Crippen molar-refractivity contribution in [2.24, 2.45) is 16.5 Å². The molecule has 0 fully saturated rings. The number of hydrogen-bond donors (Lipinski definition) is 5. The Labute approximate surface area is 229 Å². The van der Waals surface area contributed by atoms with Gasteiger partial charge in [-0.05, 0) is 35.9 Å². The fraction of sp³-hybridized carbons (Fsp3) is 0.292. The molecule has 0 radical (unpaired) electrons. The third kappa shape index (κ3) is 6.36. The van der Waals surface area contributed by atoms with E-state index in [2.05, 4.69) is 25.5 Å². The molecule has 212 valence electrons. The summed E-state index contributed by atoms with van der Waals surface area (Å²) in [7, 11) is 0. The molecule has 4 rings (SSSR count). The summed E-state index contributed by atoms with van der Waals surface area (Å²) in [5.74, 6) is -4.60. The molecule has 2 aromatic carbocycles. The number of carboxylic acid groups (broad SMARTS) is 1. The average Bonchev–Trinajstić information content (AvgIpc) is 3.27. The highest BCUT2D eigenvalue weighted by Gasteiger charge is 2.34. The molecule has 0 bridgehead atoms. The van der Waals surface area contributed by atoms with Crippen molar-refractivity contribution >= 4 is 51.9 Å². The van der Waals surface area contributed by atoms with Crippen LogP contribution >= 0.6 is 11.6 Å². The minimum atomic E-state index is -3.19. The van der Waals surface area contributed by atoms with Gasteiger partial charge in [0.05, 0.1) is 36.9 Å². The van der Waals surface area contributed by atoms with Crippen LogP contribution < -0.4 is 26.8 Å². The lowest BCUT2D eigenvalue weighted by Gasteiger charge is -2.26. The maximum atomic E-state index is 13.5. The molecule has 0 saturated heterocycles. The first-order chi connectivity index (χ1) is 18.9. The van der Waals surface area contributed by atoms with Crippen LogP contribution in [0.15, 0.2) is 41.5 Å². The number of aromatic nitrogens is 2. The molecular formula is C24H23ClF3N7O5. The highest BCUT2D eigenvalue weighted by molar-refractivity contribution is 6.30. The first-order valence-corrected chi connectivity index (χ1v) is 12.1. The zero-order chi connectivity index (χ0) is 29.1. The van der Waals surface area contributed by atoms with Crippen LogP contribution in [0.4, 0.5) is 18.9 Å². The zero-order valence-electron chi connectivity index (χ0n) is 20.5. The second kappa shape index (κ2) is 11.7. The van der Waals surface area contributed by atoms with E-state index < -0.39 is 48.9 Å². The van der Waals surface area contributed by atoms with E-state index in [-0.39, 0.29) is 52.2 Å². The number of nitrogens with two attached hydrogens (primary N) is 2. The number of carboxylic acids is 1. The molecule has 3 aromatic rings. The van der Waals surface area contributed by atoms with Gasteiger partial charge >= 0.3 is 12.6 Å². The van der Waals surface area contributed by atoms with E-state index in [0.29, 0.717) is 5.39 Å². The molecule has 3 atom stereocenters. The number of alkyl halides is 3. The van der Waals surface area contributed by atoms with Gasteiger partial charge in [0.2, 0.25) is 11.8 Å². The van der Waals surface area contributed by atoms with E-state index >= 15 is 0 Å². The number of anilines is 1. The Balaban J connectivity index is 1.87. The van der Waals surface area contributed by atoms with E-state index in [9.17, 15) is 32.7 Å². The Morgan fingerprint density at radius 1 is 1.23 bits per heavy atom. The molecule has 16 heteroatoms. The van der Waals surface area contributed by atoms with Crippen molar-refractivity contribution < 1.29 is 37.4 Å². The van der Waals surface area contributed by atoms with E-state index in [1.54, 1.807) is 0 Å². The van der Waals surface area contributed by atoms with Crippen LogP contribution in [-0.2, 0) is 9.59 Å². The lowest BCUT2D eigenvalue weighted by atomic mass is 9.87. The zero-order valence-corrected chi connectivity index (χ0v) is 21.2. The maximum Gasteiger partial charge on any atom is 0.387 e. The maximum absolute atomic E-state index is 13.5. The van der Waals surface area contributed by atoms with Crippen LogP contribution in [0.2, 0.25) is 5.02 Å². The summed E-state index contributed by atoms with van der Waals surface area (Å²) in [5.41, 5.74) is 11.7. The highest BCUT2D eigenvalue weighted by atomic mass is 35.5. The van der Waals surface area contributed by atoms with Crippen LogP contribution in [0.3, 0.4) is 0 Å². The van der Waals surface area contributed by atoms with Crippen LogP contribution in [0, 0.1) is 0 Å². The van der Waals surface area contributed by atoms with Gasteiger partial charge in [0.25, 0.3) is 0 Å². The van der Waals surface area contributed by atoms with Crippen LogP contribution in [0.5, 0.6) is 5.75 Å². The number of aliphatic imine (C=N–C) groups is 1. The number of guanidine groups is 1. The standard InChI is InChI=1S/C24H23ClF3N7O5/c25-12-1-10(2-14(5-12)40-23(27)28)15(6-19(36)37)20(22(30)39)35-18-4-11(21(29)38)3-17(16(18)9-33-35)34-24-31-7-13(26)8-32-24/h1-5,9,13,15,20,23H,6-8H2,(H2,29,38)(H2,30,39)(H,36,37)(H2,31,32,34)/t15-,20?/m0/s1. The van der Waals surface area contributed by atoms with E-state index in [4.69, 9.17) is 23.1 Å². The number of rotatable bonds is 10. The number of amides is 2. The van der Waals surface area contributed by atoms with Gasteiger partial charge < -0.3 is 31.9 Å². The molecule has 0 spiro atoms. The number of nitrogens with zero attached hydrogens (tertiary/aromatic N) is 3. The molecule has 12 nitrogen and oxygen atoms in total. The summed E-state index contributed by atoms with van der Waals surface area (Å²) >= 11 is 6.09. The molecule has 1 aromatic heterocycles. The molecule has 2 unspecified atom stereocenters. The molecule has 1 aliphatic rings. The smallest absolute Gasteiger partial charge is 0.387 e. The molecule has 7 N–H and O–H groups in total. The number of benzene rings is 2. The monoisotopic (exact) mass is 581 g/mol. The predicted octanol–water partition coefficient (Wildman–Crippen LogP) is 2.38. The highest BCUT2D eigenvalue weighted by Crippen LogP contribution is 2.38. The number of nitrogens with one attached hydrogen (secondary N) is 2. The molecule has 0 aliphatic carbocycles. The Kier molecular flexibility index (Phi) is 8.32. The Morgan fingerprint density at radius 2 is 1.98 bits per heavy atom. The summed E-state index contributed by atoms with van der Waals surface area (Å²) in [6.07, 6.45) is -0.526. The fourth-order valence-corrected chi connectivity index (χ4v) is 4.63. The summed E-state index contributed by atoms with van der Waals surface area (Å²) in [6.45, 7) is -3.28. The van der Waals surface area contributed by atoms with Crippen molar-refractivity contribution in [3.05, 3.63) is 52.7 Å². The first-order valence-electron chi connectivity index (χ1n) is 11.7. The minimum Gasteiger partial charge on any atom is -0.481 e. The van der Waals surface area contributed by atoms with Crippen molar-refractivity contribution in [3.8, 4) is 5.75 Å². The fourth-order valence-electron chi connectivity index (χ4n) is 4.40. The van der Waals surface area contributed by atoms with Gasteiger partial charge in [-0.1, -0.05) is 11.6 Å². The number of aliphatic carboxylic acids is 1. The third-order valence-electron chi connectivity index (χ3n) is 6.07. The average molecular weight is 582 g/mol. The SMILES string of the molecule is NC(=O)c1cc(NC2=NCC(F)CN2)c2cnn(C(C(N)=O)[C@@H](CC(=O)O)c3cc(Cl)cc(OC(F)F)c3)c2c1. The minimum absolute atomic E-state index is 0.00125. The van der Waals surface area contributed by atoms with Gasteiger partial charge in [0.15, 0.2) is 5.96 Å². The van der Waals surface area contributed by atoms with Crippen LogP contribution in [0.1, 0.15) is 34.3 Å². The van der Waals surface area contributed by atoms with Crippen molar-refractivity contribution in [2.75, 3.05) is 18.4 Å². The topological polar surface area (TPSA) is 187 Å². The van der Waals surface area contributed by atoms with Gasteiger partial charge in [-0.25, -0.2) is 9.38 Å². The van der Waals surface area contributed by atoms with Gasteiger partial charge in [-0.3, -0.25) is 19.1 Å². The number of primary amides is 2. The van der Waals surface area contributed by atoms with Gasteiger partial charge in [-0.15, -0.1) is 0 Å². The lowest BCUT2D eigenvalue weighted by Crippen LogP contribution is -2.41. The molecule has 40 heavy (non-hydrogen) atoms. The normalized spacial score (nSPS) is 16.6. The Bertz CT molecular complexity index is 1500. The van der Waals surface area contributed by atoms with Gasteiger partial charge in [0, 0.05) is 21.9 Å². The Hall–Kier alpha value is -4.53. The van der Waals surface area contributed by atoms with E-state index in [1.807, 2.05) is 0 Å². The first kappa shape index (κ1) is 28.5. The molecule has 1 aliphatic heterocycles. The summed E-state index contributed by atoms with van der Waals surface area (Å²) in [5, 5.41) is 19.9. The molecular weight excluding hydrogens is 559 g/mol. The lowest BCUT2D eigenvalue weighted by molar-refractivity contribution is -0.138. The number of carbonyl (C=O) groups excluding carboxylic acids is 2. The van der Waals surface area contributed by atoms with Gasteiger partial charge in [0.1, 0.15) is 18.0 Å². The Morgan fingerprint density at radius 3 is 2.58 bits per heavy atom. The largest absolute Gasteiger partial charge is 0.481 e. The van der Waals surface area contributed by atoms with Crippen molar-refractivity contribution in [3.63, 3.8) is 0 Å². The number of ether oxygens (including phenoxy) is 1. The number of hydrogen-bond acceptors (Lipinski definition) is 8. The molecule has 2 amide bonds. The third-order valence-corrected chi connectivity index (χ3v) is 6.29. The quantitative estimate of drug-likeness (QED) is 0.241. The molecule has 2 heterocycles. The van der Waals surface area contributed by atoms with Crippen LogP contribution in [0.25, 0.3) is 10.9 Å².